The van der Waals surface area contributed by atoms with Crippen molar-refractivity contribution in [2.45, 2.75) is 90.5 Å². The fourth-order valence-electron chi connectivity index (χ4n) is 2.57. The summed E-state index contributed by atoms with van der Waals surface area (Å²) in [5.41, 5.74) is 0. The van der Waals surface area contributed by atoms with Crippen molar-refractivity contribution in [2.75, 3.05) is 0 Å². The first-order valence-electron chi connectivity index (χ1n) is 8.69. The van der Waals surface area contributed by atoms with E-state index in [0.717, 1.165) is 16.4 Å². The molecule has 0 spiro atoms. The van der Waals surface area contributed by atoms with Crippen LogP contribution in [0.2, 0.25) is 18.1 Å². The fourth-order valence-corrected chi connectivity index (χ4v) is 4.59. The summed E-state index contributed by atoms with van der Waals surface area (Å²) in [4.78, 5) is 12.4. The minimum atomic E-state index is -1.83. The van der Waals surface area contributed by atoms with E-state index >= 15 is 0 Å². The van der Waals surface area contributed by atoms with Crippen molar-refractivity contribution in [2.24, 2.45) is 5.92 Å². The standard InChI is InChI=1S/C18H33IO2Si/c1-7-8-9-10-11-12-14-16(13-15(19)17(14)20)21-22(5,6)18(2,3)4/h13-14,16H,7-12H2,1-6H3. The summed E-state index contributed by atoms with van der Waals surface area (Å²) >= 11 is 2.18. The molecule has 1 rings (SSSR count). The Labute approximate surface area is 151 Å². The minimum absolute atomic E-state index is 0.00599. The van der Waals surface area contributed by atoms with Gasteiger partial charge >= 0.3 is 0 Å². The lowest BCUT2D eigenvalue weighted by atomic mass is 9.96. The lowest BCUT2D eigenvalue weighted by Gasteiger charge is -2.39. The summed E-state index contributed by atoms with van der Waals surface area (Å²) in [6, 6.07) is 0. The Balaban J connectivity index is 2.64. The zero-order valence-electron chi connectivity index (χ0n) is 15.2. The van der Waals surface area contributed by atoms with Gasteiger partial charge in [0.2, 0.25) is 0 Å². The first-order chi connectivity index (χ1) is 10.1. The molecule has 0 saturated carbocycles. The van der Waals surface area contributed by atoms with Crippen LogP contribution >= 0.6 is 22.6 Å². The average molecular weight is 436 g/mol. The lowest BCUT2D eigenvalue weighted by Crippen LogP contribution is -2.45. The molecule has 0 bridgehead atoms. The maximum absolute atomic E-state index is 12.4. The molecule has 0 aromatic carbocycles. The van der Waals surface area contributed by atoms with Crippen molar-refractivity contribution in [1.82, 2.24) is 0 Å². The van der Waals surface area contributed by atoms with Crippen LogP contribution in [0.1, 0.15) is 66.2 Å². The number of Topliss-reactive ketones (excluding diaryl/α,β-unsaturated/α-hetero) is 1. The van der Waals surface area contributed by atoms with Gasteiger partial charge in [-0.15, -0.1) is 0 Å². The van der Waals surface area contributed by atoms with E-state index in [2.05, 4.69) is 69.5 Å². The van der Waals surface area contributed by atoms with Crippen molar-refractivity contribution in [3.05, 3.63) is 9.66 Å². The number of hydrogen-bond acceptors (Lipinski definition) is 2. The third kappa shape index (κ3) is 5.44. The molecule has 1 aliphatic rings. The Morgan fingerprint density at radius 3 is 2.32 bits per heavy atom. The molecule has 0 heterocycles. The Hall–Kier alpha value is 0.317. The van der Waals surface area contributed by atoms with Crippen LogP contribution in [0, 0.1) is 5.92 Å². The molecule has 0 aliphatic heterocycles. The van der Waals surface area contributed by atoms with E-state index in [4.69, 9.17) is 4.43 Å². The topological polar surface area (TPSA) is 26.3 Å². The summed E-state index contributed by atoms with van der Waals surface area (Å²) < 4.78 is 7.41. The van der Waals surface area contributed by atoms with Gasteiger partial charge in [0.1, 0.15) is 0 Å². The first kappa shape index (κ1) is 20.4. The molecule has 2 unspecified atom stereocenters. The number of hydrogen-bond donors (Lipinski definition) is 0. The number of carbonyl (C=O) groups excluding carboxylic acids is 1. The van der Waals surface area contributed by atoms with Crippen molar-refractivity contribution >= 4 is 36.7 Å². The van der Waals surface area contributed by atoms with E-state index in [1.54, 1.807) is 0 Å². The molecule has 22 heavy (non-hydrogen) atoms. The zero-order valence-corrected chi connectivity index (χ0v) is 18.3. The molecule has 0 N–H and O–H groups in total. The Morgan fingerprint density at radius 1 is 1.18 bits per heavy atom. The second-order valence-electron chi connectivity index (χ2n) is 8.03. The van der Waals surface area contributed by atoms with Gasteiger partial charge in [0.25, 0.3) is 0 Å². The van der Waals surface area contributed by atoms with Crippen LogP contribution in [0.5, 0.6) is 0 Å². The third-order valence-electron chi connectivity index (χ3n) is 5.13. The molecule has 2 atom stereocenters. The summed E-state index contributed by atoms with van der Waals surface area (Å²) in [6.45, 7) is 13.5. The third-order valence-corrected chi connectivity index (χ3v) is 10.5. The van der Waals surface area contributed by atoms with E-state index < -0.39 is 8.32 Å². The zero-order chi connectivity index (χ0) is 17.0. The van der Waals surface area contributed by atoms with Crippen molar-refractivity contribution in [3.63, 3.8) is 0 Å². The SMILES string of the molecule is CCCCCCCC1C(=O)C(I)=CC1O[Si](C)(C)C(C)(C)C. The van der Waals surface area contributed by atoms with Gasteiger partial charge in [0.05, 0.1) is 15.6 Å². The van der Waals surface area contributed by atoms with Crippen LogP contribution in [0.3, 0.4) is 0 Å². The number of carbonyl (C=O) groups is 1. The molecule has 0 saturated heterocycles. The lowest BCUT2D eigenvalue weighted by molar-refractivity contribution is -0.119. The van der Waals surface area contributed by atoms with Crippen LogP contribution < -0.4 is 0 Å². The molecular weight excluding hydrogens is 403 g/mol. The van der Waals surface area contributed by atoms with Crippen LogP contribution in [-0.2, 0) is 9.22 Å². The van der Waals surface area contributed by atoms with Crippen molar-refractivity contribution in [1.29, 1.82) is 0 Å². The number of halogens is 1. The van der Waals surface area contributed by atoms with Crippen LogP contribution in [0.25, 0.3) is 0 Å². The Kier molecular flexibility index (Phi) is 7.80. The van der Waals surface area contributed by atoms with E-state index in [0.29, 0.717) is 5.78 Å². The molecule has 0 amide bonds. The molecule has 0 aromatic rings. The molecular formula is C18H33IO2Si. The maximum atomic E-state index is 12.4. The molecule has 0 aromatic heterocycles. The van der Waals surface area contributed by atoms with Gasteiger partial charge in [0.15, 0.2) is 14.1 Å². The quantitative estimate of drug-likeness (QED) is 0.255. The fraction of sp³-hybridized carbons (Fsp3) is 0.833. The van der Waals surface area contributed by atoms with Crippen LogP contribution in [0.15, 0.2) is 9.66 Å². The molecule has 128 valence electrons. The van der Waals surface area contributed by atoms with Crippen LogP contribution in [-0.4, -0.2) is 20.2 Å². The molecule has 1 aliphatic carbocycles. The normalized spacial score (nSPS) is 23.0. The van der Waals surface area contributed by atoms with Gasteiger partial charge in [-0.05, 0) is 53.2 Å². The highest BCUT2D eigenvalue weighted by Gasteiger charge is 2.43. The number of unbranched alkanes of at least 4 members (excludes halogenated alkanes) is 4. The molecule has 2 nitrogen and oxygen atoms in total. The number of ketones is 1. The number of allylic oxidation sites excluding steroid dienone is 1. The van der Waals surface area contributed by atoms with Gasteiger partial charge in [-0.2, -0.15) is 0 Å². The predicted molar refractivity (Wildman–Crippen MR) is 106 cm³/mol. The van der Waals surface area contributed by atoms with Crippen molar-refractivity contribution in [3.8, 4) is 0 Å². The summed E-state index contributed by atoms with van der Waals surface area (Å²) in [7, 11) is -1.83. The minimum Gasteiger partial charge on any atom is -0.410 e. The van der Waals surface area contributed by atoms with Crippen molar-refractivity contribution < 1.29 is 9.22 Å². The number of rotatable bonds is 8. The smallest absolute Gasteiger partial charge is 0.192 e. The van der Waals surface area contributed by atoms with Crippen LogP contribution in [0.4, 0.5) is 0 Å². The summed E-state index contributed by atoms with van der Waals surface area (Å²) in [5, 5.41) is 0.184. The van der Waals surface area contributed by atoms with E-state index in [1.807, 2.05) is 0 Å². The largest absolute Gasteiger partial charge is 0.410 e. The van der Waals surface area contributed by atoms with Gasteiger partial charge in [-0.1, -0.05) is 59.8 Å². The Bertz CT molecular complexity index is 410. The van der Waals surface area contributed by atoms with Gasteiger partial charge in [-0.3, -0.25) is 4.79 Å². The summed E-state index contributed by atoms with van der Waals surface area (Å²) in [5.74, 6) is 0.363. The first-order valence-corrected chi connectivity index (χ1v) is 12.7. The van der Waals surface area contributed by atoms with E-state index in [-0.39, 0.29) is 17.1 Å². The second kappa shape index (κ2) is 8.43. The van der Waals surface area contributed by atoms with Gasteiger partial charge in [0, 0.05) is 0 Å². The highest BCUT2D eigenvalue weighted by atomic mass is 127. The highest BCUT2D eigenvalue weighted by Crippen LogP contribution is 2.41. The monoisotopic (exact) mass is 436 g/mol. The average Bonchev–Trinajstić information content (AvgIpc) is 2.64. The molecule has 4 heteroatoms. The van der Waals surface area contributed by atoms with Gasteiger partial charge < -0.3 is 4.43 Å². The second-order valence-corrected chi connectivity index (χ2v) is 13.9. The molecule has 0 fully saturated rings. The maximum Gasteiger partial charge on any atom is 0.192 e. The van der Waals surface area contributed by atoms with E-state index in [1.165, 1.54) is 25.7 Å². The Morgan fingerprint density at radius 2 is 1.77 bits per heavy atom. The van der Waals surface area contributed by atoms with Gasteiger partial charge in [-0.25, -0.2) is 0 Å². The van der Waals surface area contributed by atoms with E-state index in [9.17, 15) is 4.79 Å². The summed E-state index contributed by atoms with van der Waals surface area (Å²) in [6.07, 6.45) is 9.29. The predicted octanol–water partition coefficient (Wildman–Crippen LogP) is 6.26. The molecule has 0 radical (unpaired) electrons. The highest BCUT2D eigenvalue weighted by molar-refractivity contribution is 14.1.